The highest BCUT2D eigenvalue weighted by atomic mass is 32.2. The molecule has 6 nitrogen and oxygen atoms in total. The van der Waals surface area contributed by atoms with Crippen molar-refractivity contribution in [2.24, 2.45) is 0 Å². The minimum absolute atomic E-state index is 0.610. The molecule has 18 heavy (non-hydrogen) atoms. The van der Waals surface area contributed by atoms with Gasteiger partial charge in [0.2, 0.25) is 10.0 Å². The summed E-state index contributed by atoms with van der Waals surface area (Å²) in [6.07, 6.45) is 1.25. The predicted molar refractivity (Wildman–Crippen MR) is 74.3 cm³/mol. The van der Waals surface area contributed by atoms with Crippen molar-refractivity contribution in [1.29, 1.82) is 0 Å². The van der Waals surface area contributed by atoms with Crippen molar-refractivity contribution in [3.8, 4) is 0 Å². The molecular weight excluding hydrogens is 252 g/mol. The molecule has 2 aliphatic heterocycles. The molecule has 2 aliphatic rings. The van der Waals surface area contributed by atoms with Gasteiger partial charge >= 0.3 is 0 Å². The lowest BCUT2D eigenvalue weighted by Gasteiger charge is -2.25. The van der Waals surface area contributed by atoms with Gasteiger partial charge in [0.05, 0.1) is 6.26 Å². The Kier molecular flexibility index (Phi) is 7.10. The molecule has 108 valence electrons. The molecule has 0 amide bonds. The molecule has 0 spiro atoms. The van der Waals surface area contributed by atoms with E-state index in [4.69, 9.17) is 0 Å². The molecule has 7 heteroatoms. The van der Waals surface area contributed by atoms with Gasteiger partial charge in [-0.3, -0.25) is 0 Å². The van der Waals surface area contributed by atoms with E-state index in [0.717, 1.165) is 13.1 Å². The number of piperazine rings is 2. The Morgan fingerprint density at radius 2 is 1.39 bits per heavy atom. The fraction of sp³-hybridized carbons (Fsp3) is 1.00. The van der Waals surface area contributed by atoms with Gasteiger partial charge in [-0.1, -0.05) is 6.92 Å². The molecule has 0 bridgehead atoms. The summed E-state index contributed by atoms with van der Waals surface area (Å²) in [5.41, 5.74) is 0. The normalized spacial score (nSPS) is 23.2. The summed E-state index contributed by atoms with van der Waals surface area (Å²) in [5, 5.41) is 6.39. The van der Waals surface area contributed by atoms with Gasteiger partial charge in [0.1, 0.15) is 0 Å². The van der Waals surface area contributed by atoms with Crippen molar-refractivity contribution in [1.82, 2.24) is 19.8 Å². The average Bonchev–Trinajstić information content (AvgIpc) is 2.40. The van der Waals surface area contributed by atoms with E-state index >= 15 is 0 Å². The second-order valence-electron chi connectivity index (χ2n) is 4.60. The van der Waals surface area contributed by atoms with Crippen molar-refractivity contribution < 1.29 is 8.42 Å². The second kappa shape index (κ2) is 8.06. The maximum Gasteiger partial charge on any atom is 0.211 e. The molecule has 0 atom stereocenters. The summed E-state index contributed by atoms with van der Waals surface area (Å²) in [4.78, 5) is 2.45. The number of hydrogen-bond acceptors (Lipinski definition) is 5. The summed E-state index contributed by atoms with van der Waals surface area (Å²) in [5.74, 6) is 0. The fourth-order valence-electron chi connectivity index (χ4n) is 2.00. The molecule has 2 N–H and O–H groups in total. The van der Waals surface area contributed by atoms with E-state index in [0.29, 0.717) is 13.1 Å². The topological polar surface area (TPSA) is 64.7 Å². The number of rotatable bonds is 2. The van der Waals surface area contributed by atoms with Crippen LogP contribution in [0.5, 0.6) is 0 Å². The monoisotopic (exact) mass is 278 g/mol. The molecule has 0 aromatic carbocycles. The molecule has 0 aliphatic carbocycles. The van der Waals surface area contributed by atoms with Crippen molar-refractivity contribution in [2.75, 3.05) is 65.2 Å². The van der Waals surface area contributed by atoms with Crippen molar-refractivity contribution in [2.45, 2.75) is 6.92 Å². The molecule has 2 heterocycles. The molecule has 2 saturated heterocycles. The van der Waals surface area contributed by atoms with Crippen molar-refractivity contribution in [3.63, 3.8) is 0 Å². The van der Waals surface area contributed by atoms with E-state index in [1.54, 1.807) is 0 Å². The van der Waals surface area contributed by atoms with Crippen LogP contribution >= 0.6 is 0 Å². The quantitative estimate of drug-likeness (QED) is 0.662. The van der Waals surface area contributed by atoms with Crippen LogP contribution < -0.4 is 10.6 Å². The fourth-order valence-corrected chi connectivity index (χ4v) is 2.85. The molecular formula is C11H26N4O2S. The van der Waals surface area contributed by atoms with Crippen molar-refractivity contribution >= 4 is 10.0 Å². The Balaban J connectivity index is 0.000000184. The summed E-state index contributed by atoms with van der Waals surface area (Å²) >= 11 is 0. The van der Waals surface area contributed by atoms with Crippen LogP contribution in [-0.4, -0.2) is 82.8 Å². The number of nitrogens with zero attached hydrogens (tertiary/aromatic N) is 2. The zero-order chi connectivity index (χ0) is 13.4. The lowest BCUT2D eigenvalue weighted by Crippen LogP contribution is -2.45. The second-order valence-corrected chi connectivity index (χ2v) is 6.58. The minimum Gasteiger partial charge on any atom is -0.314 e. The third-order valence-electron chi connectivity index (χ3n) is 3.20. The summed E-state index contributed by atoms with van der Waals surface area (Å²) in [6, 6.07) is 0. The molecule has 0 aromatic heterocycles. The predicted octanol–water partition coefficient (Wildman–Crippen LogP) is -1.24. The first kappa shape index (κ1) is 15.8. The molecule has 0 unspecified atom stereocenters. The highest BCUT2D eigenvalue weighted by Crippen LogP contribution is 1.97. The van der Waals surface area contributed by atoms with Crippen LogP contribution in [0.2, 0.25) is 0 Å². The standard InChI is InChI=1S/C6H14N2.C5H12N2O2S/c1-2-8-5-3-7-4-6-8;1-10(8,9)7-4-2-6-3-5-7/h7H,2-6H2,1H3;6H,2-5H2,1H3. The molecule has 0 saturated carbocycles. The van der Waals surface area contributed by atoms with E-state index in [1.807, 2.05) is 0 Å². The highest BCUT2D eigenvalue weighted by molar-refractivity contribution is 7.88. The Labute approximate surface area is 111 Å². The van der Waals surface area contributed by atoms with Crippen LogP contribution in [-0.2, 0) is 10.0 Å². The minimum atomic E-state index is -2.93. The average molecular weight is 278 g/mol. The maximum absolute atomic E-state index is 10.9. The Morgan fingerprint density at radius 3 is 1.67 bits per heavy atom. The summed E-state index contributed by atoms with van der Waals surface area (Å²) < 4.78 is 23.3. The molecule has 0 aromatic rings. The highest BCUT2D eigenvalue weighted by Gasteiger charge is 2.17. The van der Waals surface area contributed by atoms with Crippen LogP contribution in [0.15, 0.2) is 0 Å². The Morgan fingerprint density at radius 1 is 0.944 bits per heavy atom. The number of nitrogens with one attached hydrogen (secondary N) is 2. The maximum atomic E-state index is 10.9. The Hall–Kier alpha value is -0.210. The van der Waals surface area contributed by atoms with Gasteiger partial charge in [-0.2, -0.15) is 4.31 Å². The van der Waals surface area contributed by atoms with Gasteiger partial charge in [0, 0.05) is 52.4 Å². The Bertz CT molecular complexity index is 309. The van der Waals surface area contributed by atoms with E-state index in [-0.39, 0.29) is 0 Å². The van der Waals surface area contributed by atoms with Gasteiger partial charge < -0.3 is 15.5 Å². The van der Waals surface area contributed by atoms with Gasteiger partial charge in [0.15, 0.2) is 0 Å². The first-order valence-corrected chi connectivity index (χ1v) is 8.47. The smallest absolute Gasteiger partial charge is 0.211 e. The van der Waals surface area contributed by atoms with Crippen LogP contribution in [0, 0.1) is 0 Å². The first-order valence-electron chi connectivity index (χ1n) is 6.63. The van der Waals surface area contributed by atoms with Gasteiger partial charge in [-0.15, -0.1) is 0 Å². The van der Waals surface area contributed by atoms with Gasteiger partial charge in [-0.25, -0.2) is 8.42 Å². The van der Waals surface area contributed by atoms with Crippen LogP contribution in [0.1, 0.15) is 6.92 Å². The lowest BCUT2D eigenvalue weighted by molar-refractivity contribution is 0.253. The molecule has 0 radical (unpaired) electrons. The van der Waals surface area contributed by atoms with Crippen molar-refractivity contribution in [3.05, 3.63) is 0 Å². The van der Waals surface area contributed by atoms with E-state index in [9.17, 15) is 8.42 Å². The number of likely N-dealkylation sites (N-methyl/N-ethyl adjacent to an activating group) is 1. The first-order chi connectivity index (χ1) is 8.54. The number of sulfonamides is 1. The van der Waals surface area contributed by atoms with E-state index < -0.39 is 10.0 Å². The summed E-state index contributed by atoms with van der Waals surface area (Å²) in [7, 11) is -2.93. The molecule has 2 fully saturated rings. The lowest BCUT2D eigenvalue weighted by atomic mass is 10.4. The van der Waals surface area contributed by atoms with Crippen LogP contribution in [0.25, 0.3) is 0 Å². The van der Waals surface area contributed by atoms with Crippen LogP contribution in [0.4, 0.5) is 0 Å². The molecule has 2 rings (SSSR count). The zero-order valence-corrected chi connectivity index (χ0v) is 12.3. The SMILES string of the molecule is CCN1CCNCC1.CS(=O)(=O)N1CCNCC1. The van der Waals surface area contributed by atoms with Gasteiger partial charge in [-0.05, 0) is 6.54 Å². The van der Waals surface area contributed by atoms with E-state index in [1.165, 1.54) is 43.3 Å². The third-order valence-corrected chi connectivity index (χ3v) is 4.50. The number of hydrogen-bond donors (Lipinski definition) is 2. The van der Waals surface area contributed by atoms with E-state index in [2.05, 4.69) is 22.5 Å². The van der Waals surface area contributed by atoms with Gasteiger partial charge in [0.25, 0.3) is 0 Å². The summed E-state index contributed by atoms with van der Waals surface area (Å²) in [6.45, 7) is 11.0. The zero-order valence-electron chi connectivity index (χ0n) is 11.5. The largest absolute Gasteiger partial charge is 0.314 e. The van der Waals surface area contributed by atoms with Crippen LogP contribution in [0.3, 0.4) is 0 Å². The third kappa shape index (κ3) is 6.10.